The minimum Gasteiger partial charge on any atom is -0.491 e. The van der Waals surface area contributed by atoms with E-state index in [0.717, 1.165) is 12.2 Å². The Balaban J connectivity index is 2.91. The molecule has 1 N–H and O–H groups in total. The minimum atomic E-state index is -3.49. The van der Waals surface area contributed by atoms with Gasteiger partial charge in [0.05, 0.1) is 11.5 Å². The third-order valence-corrected chi connectivity index (χ3v) is 5.85. The highest BCUT2D eigenvalue weighted by Gasteiger charge is 2.26. The molecule has 0 saturated heterocycles. The Morgan fingerprint density at radius 1 is 1.33 bits per heavy atom. The molecule has 0 spiro atoms. The van der Waals surface area contributed by atoms with Crippen LogP contribution in [0.3, 0.4) is 0 Å². The maximum atomic E-state index is 12.6. The summed E-state index contributed by atoms with van der Waals surface area (Å²) in [6, 6.07) is 6.25. The first kappa shape index (κ1) is 18.3. The zero-order chi connectivity index (χ0) is 15.9. The van der Waals surface area contributed by atoms with Gasteiger partial charge >= 0.3 is 0 Å². The quantitative estimate of drug-likeness (QED) is 0.747. The van der Waals surface area contributed by atoms with Crippen LogP contribution in [0.5, 0.6) is 5.75 Å². The monoisotopic (exact) mass is 333 g/mol. The van der Waals surface area contributed by atoms with Crippen LogP contribution < -0.4 is 4.74 Å². The largest absolute Gasteiger partial charge is 0.491 e. The number of thioether (sulfide) groups is 1. The summed E-state index contributed by atoms with van der Waals surface area (Å²) in [6.45, 7) is 2.10. The first-order valence-electron chi connectivity index (χ1n) is 6.78. The van der Waals surface area contributed by atoms with Crippen LogP contribution in [0.2, 0.25) is 0 Å². The van der Waals surface area contributed by atoms with E-state index in [1.165, 1.54) is 16.4 Å². The molecule has 0 bridgehead atoms. The average Bonchev–Trinajstić information content (AvgIpc) is 2.50. The van der Waals surface area contributed by atoms with Crippen molar-refractivity contribution >= 4 is 21.8 Å². The Labute approximate surface area is 131 Å². The number of aliphatic hydroxyl groups is 1. The molecule has 0 aromatic heterocycles. The minimum absolute atomic E-state index is 0.0182. The summed E-state index contributed by atoms with van der Waals surface area (Å²) in [6.07, 6.45) is 2.74. The Bertz CT molecular complexity index is 516. The summed E-state index contributed by atoms with van der Waals surface area (Å²) >= 11 is 1.64. The number of hydrogen-bond acceptors (Lipinski definition) is 5. The van der Waals surface area contributed by atoms with Crippen LogP contribution in [-0.2, 0) is 10.0 Å². The van der Waals surface area contributed by atoms with Gasteiger partial charge in [0.1, 0.15) is 12.4 Å². The maximum absolute atomic E-state index is 12.6. The second-order valence-electron chi connectivity index (χ2n) is 4.58. The smallest absolute Gasteiger partial charge is 0.243 e. The molecular weight excluding hydrogens is 310 g/mol. The number of ether oxygens (including phenoxy) is 1. The second-order valence-corrected chi connectivity index (χ2v) is 7.49. The lowest BCUT2D eigenvalue weighted by molar-refractivity contribution is 0.201. The van der Waals surface area contributed by atoms with Crippen molar-refractivity contribution < 1.29 is 18.3 Å². The molecule has 21 heavy (non-hydrogen) atoms. The fourth-order valence-electron chi connectivity index (χ4n) is 1.91. The van der Waals surface area contributed by atoms with Crippen molar-refractivity contribution in [3.05, 3.63) is 24.3 Å². The lowest BCUT2D eigenvalue weighted by Crippen LogP contribution is -2.38. The molecule has 0 saturated carbocycles. The molecular formula is C14H23NO4S2. The predicted molar refractivity (Wildman–Crippen MR) is 86.4 cm³/mol. The SMILES string of the molecule is CCC(CSC)N(C)S(=O)(=O)c1ccc(OCCO)cc1. The highest BCUT2D eigenvalue weighted by Crippen LogP contribution is 2.22. The Morgan fingerprint density at radius 2 is 1.95 bits per heavy atom. The van der Waals surface area contributed by atoms with Crippen LogP contribution in [0, 0.1) is 0 Å². The third kappa shape index (κ3) is 4.88. The summed E-state index contributed by atoms with van der Waals surface area (Å²) in [5.74, 6) is 1.31. The summed E-state index contributed by atoms with van der Waals surface area (Å²) in [5.41, 5.74) is 0. The van der Waals surface area contributed by atoms with E-state index in [1.807, 2.05) is 13.2 Å². The van der Waals surface area contributed by atoms with E-state index in [1.54, 1.807) is 30.9 Å². The molecule has 1 aromatic carbocycles. The van der Waals surface area contributed by atoms with Crippen molar-refractivity contribution in [2.75, 3.05) is 32.3 Å². The molecule has 0 amide bonds. The van der Waals surface area contributed by atoms with Gasteiger partial charge in [0.15, 0.2) is 0 Å². The number of sulfonamides is 1. The van der Waals surface area contributed by atoms with Crippen LogP contribution in [0.25, 0.3) is 0 Å². The molecule has 0 aliphatic rings. The summed E-state index contributed by atoms with van der Waals surface area (Å²) in [7, 11) is -1.87. The molecule has 1 rings (SSSR count). The van der Waals surface area contributed by atoms with E-state index < -0.39 is 10.0 Å². The second kappa shape index (κ2) is 8.63. The third-order valence-electron chi connectivity index (χ3n) is 3.21. The van der Waals surface area contributed by atoms with Crippen molar-refractivity contribution in [1.29, 1.82) is 0 Å². The summed E-state index contributed by atoms with van der Waals surface area (Å²) in [4.78, 5) is 0.251. The molecule has 0 aliphatic carbocycles. The van der Waals surface area contributed by atoms with Gasteiger partial charge in [-0.15, -0.1) is 0 Å². The maximum Gasteiger partial charge on any atom is 0.243 e. The molecule has 1 atom stereocenters. The first-order chi connectivity index (χ1) is 9.97. The van der Waals surface area contributed by atoms with Crippen molar-refractivity contribution in [1.82, 2.24) is 4.31 Å². The van der Waals surface area contributed by atoms with Crippen molar-refractivity contribution in [3.8, 4) is 5.75 Å². The van der Waals surface area contributed by atoms with Gasteiger partial charge in [-0.3, -0.25) is 0 Å². The zero-order valence-corrected chi connectivity index (χ0v) is 14.3. The van der Waals surface area contributed by atoms with Crippen molar-refractivity contribution in [2.24, 2.45) is 0 Å². The van der Waals surface area contributed by atoms with Gasteiger partial charge in [-0.25, -0.2) is 8.42 Å². The molecule has 0 aliphatic heterocycles. The van der Waals surface area contributed by atoms with E-state index in [9.17, 15) is 8.42 Å². The number of nitrogens with zero attached hydrogens (tertiary/aromatic N) is 1. The van der Waals surface area contributed by atoms with Gasteiger partial charge in [0.25, 0.3) is 0 Å². The van der Waals surface area contributed by atoms with Gasteiger partial charge in [-0.2, -0.15) is 16.1 Å². The van der Waals surface area contributed by atoms with Crippen LogP contribution >= 0.6 is 11.8 Å². The molecule has 120 valence electrons. The lowest BCUT2D eigenvalue weighted by Gasteiger charge is -2.26. The van der Waals surface area contributed by atoms with E-state index >= 15 is 0 Å². The number of hydrogen-bond donors (Lipinski definition) is 1. The molecule has 5 nitrogen and oxygen atoms in total. The summed E-state index contributed by atoms with van der Waals surface area (Å²) < 4.78 is 31.8. The number of aliphatic hydroxyl groups excluding tert-OH is 1. The molecule has 0 radical (unpaired) electrons. The Morgan fingerprint density at radius 3 is 2.43 bits per heavy atom. The van der Waals surface area contributed by atoms with Crippen LogP contribution in [0.15, 0.2) is 29.2 Å². The molecule has 0 fully saturated rings. The zero-order valence-electron chi connectivity index (χ0n) is 12.7. The first-order valence-corrected chi connectivity index (χ1v) is 9.61. The van der Waals surface area contributed by atoms with Gasteiger partial charge in [0.2, 0.25) is 10.0 Å². The van der Waals surface area contributed by atoms with Crippen LogP contribution in [0.1, 0.15) is 13.3 Å². The average molecular weight is 333 g/mol. The Hall–Kier alpha value is -0.760. The lowest BCUT2D eigenvalue weighted by atomic mass is 10.3. The van der Waals surface area contributed by atoms with Gasteiger partial charge in [-0.1, -0.05) is 6.92 Å². The molecule has 1 aromatic rings. The van der Waals surface area contributed by atoms with Crippen LogP contribution in [-0.4, -0.2) is 56.1 Å². The molecule has 7 heteroatoms. The highest BCUT2D eigenvalue weighted by molar-refractivity contribution is 7.98. The fourth-order valence-corrected chi connectivity index (χ4v) is 4.27. The number of benzene rings is 1. The van der Waals surface area contributed by atoms with E-state index in [2.05, 4.69) is 0 Å². The van der Waals surface area contributed by atoms with Crippen LogP contribution in [0.4, 0.5) is 0 Å². The topological polar surface area (TPSA) is 66.8 Å². The summed E-state index contributed by atoms with van der Waals surface area (Å²) in [5, 5.41) is 8.69. The Kier molecular flexibility index (Phi) is 7.51. The van der Waals surface area contributed by atoms with Gasteiger partial charge in [0, 0.05) is 18.8 Å². The van der Waals surface area contributed by atoms with Gasteiger partial charge < -0.3 is 9.84 Å². The van der Waals surface area contributed by atoms with Gasteiger partial charge in [-0.05, 0) is 36.9 Å². The number of rotatable bonds is 9. The van der Waals surface area contributed by atoms with E-state index in [-0.39, 0.29) is 24.2 Å². The van der Waals surface area contributed by atoms with Crippen molar-refractivity contribution in [3.63, 3.8) is 0 Å². The normalized spacial score (nSPS) is 13.4. The van der Waals surface area contributed by atoms with E-state index in [4.69, 9.17) is 9.84 Å². The molecule has 0 heterocycles. The van der Waals surface area contributed by atoms with Crippen molar-refractivity contribution in [2.45, 2.75) is 24.3 Å². The van der Waals surface area contributed by atoms with E-state index in [0.29, 0.717) is 5.75 Å². The fraction of sp³-hybridized carbons (Fsp3) is 0.571. The highest BCUT2D eigenvalue weighted by atomic mass is 32.2. The standard InChI is InChI=1S/C14H23NO4S2/c1-4-12(11-20-3)15(2)21(17,18)14-7-5-13(6-8-14)19-10-9-16/h5-8,12,16H,4,9-11H2,1-3H3. The molecule has 1 unspecified atom stereocenters. The predicted octanol–water partition coefficient (Wildman–Crippen LogP) is 1.82.